The standard InChI is InChI=1S/C20H20N4O4/c1-14(25)21-16-4-7-19-22-18(13-24(19)12-16)15-2-5-17(6-3-15)28-20(26)23-8-10-27-11-9-23/h2-7,12-13H,8-11H2,1H3,(H,21,25). The fourth-order valence-corrected chi connectivity index (χ4v) is 3.01. The van der Waals surface area contributed by atoms with Crippen LogP contribution in [0.4, 0.5) is 10.5 Å². The number of ether oxygens (including phenoxy) is 2. The molecule has 3 heterocycles. The third-order valence-electron chi connectivity index (χ3n) is 4.40. The van der Waals surface area contributed by atoms with Gasteiger partial charge in [0.2, 0.25) is 5.91 Å². The SMILES string of the molecule is CC(=O)Nc1ccc2nc(-c3ccc(OC(=O)N4CCOCC4)cc3)cn2c1. The zero-order valence-electron chi connectivity index (χ0n) is 15.4. The van der Waals surface area contributed by atoms with Crippen molar-refractivity contribution in [3.8, 4) is 17.0 Å². The summed E-state index contributed by atoms with van der Waals surface area (Å²) in [7, 11) is 0. The highest BCUT2D eigenvalue weighted by molar-refractivity contribution is 5.88. The molecule has 0 saturated carbocycles. The summed E-state index contributed by atoms with van der Waals surface area (Å²) in [4.78, 5) is 29.6. The van der Waals surface area contributed by atoms with Gasteiger partial charge >= 0.3 is 6.09 Å². The van der Waals surface area contributed by atoms with Crippen molar-refractivity contribution in [1.29, 1.82) is 0 Å². The largest absolute Gasteiger partial charge is 0.415 e. The molecule has 1 aromatic carbocycles. The maximum absolute atomic E-state index is 12.2. The van der Waals surface area contributed by atoms with Gasteiger partial charge in [-0.25, -0.2) is 9.78 Å². The maximum Gasteiger partial charge on any atom is 0.415 e. The van der Waals surface area contributed by atoms with Crippen molar-refractivity contribution >= 4 is 23.3 Å². The summed E-state index contributed by atoms with van der Waals surface area (Å²) < 4.78 is 12.5. The van der Waals surface area contributed by atoms with Crippen molar-refractivity contribution in [3.63, 3.8) is 0 Å². The number of fused-ring (bicyclic) bond motifs is 1. The molecule has 8 nitrogen and oxygen atoms in total. The molecule has 3 aromatic rings. The van der Waals surface area contributed by atoms with E-state index in [2.05, 4.69) is 10.3 Å². The number of benzene rings is 1. The third-order valence-corrected chi connectivity index (χ3v) is 4.40. The molecule has 8 heteroatoms. The van der Waals surface area contributed by atoms with E-state index in [0.717, 1.165) is 16.9 Å². The Kier molecular flexibility index (Phi) is 4.94. The Balaban J connectivity index is 1.48. The van der Waals surface area contributed by atoms with Gasteiger partial charge in [0, 0.05) is 38.0 Å². The fraction of sp³-hybridized carbons (Fsp3) is 0.250. The van der Waals surface area contributed by atoms with E-state index in [9.17, 15) is 9.59 Å². The predicted octanol–water partition coefficient (Wildman–Crippen LogP) is 2.79. The van der Waals surface area contributed by atoms with Gasteiger partial charge in [-0.05, 0) is 36.4 Å². The lowest BCUT2D eigenvalue weighted by molar-refractivity contribution is -0.114. The van der Waals surface area contributed by atoms with Crippen LogP contribution < -0.4 is 10.1 Å². The van der Waals surface area contributed by atoms with Gasteiger partial charge in [0.1, 0.15) is 11.4 Å². The molecule has 0 spiro atoms. The van der Waals surface area contributed by atoms with E-state index >= 15 is 0 Å². The number of pyridine rings is 1. The number of nitrogens with zero attached hydrogens (tertiary/aromatic N) is 3. The molecule has 0 aliphatic carbocycles. The van der Waals surface area contributed by atoms with Gasteiger partial charge in [-0.2, -0.15) is 0 Å². The molecule has 28 heavy (non-hydrogen) atoms. The minimum atomic E-state index is -0.366. The maximum atomic E-state index is 12.2. The summed E-state index contributed by atoms with van der Waals surface area (Å²) in [6.07, 6.45) is 3.33. The highest BCUT2D eigenvalue weighted by Crippen LogP contribution is 2.23. The number of rotatable bonds is 3. The Morgan fingerprint density at radius 2 is 1.82 bits per heavy atom. The Morgan fingerprint density at radius 3 is 2.54 bits per heavy atom. The number of carbonyl (C=O) groups is 2. The Hall–Kier alpha value is -3.39. The lowest BCUT2D eigenvalue weighted by atomic mass is 10.2. The first-order valence-corrected chi connectivity index (χ1v) is 9.00. The van der Waals surface area contributed by atoms with Crippen molar-refractivity contribution in [1.82, 2.24) is 14.3 Å². The van der Waals surface area contributed by atoms with Crippen LogP contribution >= 0.6 is 0 Å². The van der Waals surface area contributed by atoms with Crippen molar-refractivity contribution < 1.29 is 19.1 Å². The Morgan fingerprint density at radius 1 is 1.07 bits per heavy atom. The van der Waals surface area contributed by atoms with E-state index in [1.54, 1.807) is 17.0 Å². The molecule has 144 valence electrons. The fourth-order valence-electron chi connectivity index (χ4n) is 3.01. The van der Waals surface area contributed by atoms with E-state index in [1.165, 1.54) is 6.92 Å². The van der Waals surface area contributed by atoms with Gasteiger partial charge in [0.15, 0.2) is 0 Å². The van der Waals surface area contributed by atoms with Crippen molar-refractivity contribution in [3.05, 3.63) is 48.8 Å². The van der Waals surface area contributed by atoms with Gasteiger partial charge in [0.05, 0.1) is 24.6 Å². The van der Waals surface area contributed by atoms with Crippen LogP contribution in [0.1, 0.15) is 6.92 Å². The number of morpholine rings is 1. The van der Waals surface area contributed by atoms with Crippen LogP contribution in [0.5, 0.6) is 5.75 Å². The number of nitrogens with one attached hydrogen (secondary N) is 1. The average molecular weight is 380 g/mol. The second kappa shape index (κ2) is 7.69. The predicted molar refractivity (Wildman–Crippen MR) is 103 cm³/mol. The average Bonchev–Trinajstić information content (AvgIpc) is 3.12. The number of hydrogen-bond donors (Lipinski definition) is 1. The van der Waals surface area contributed by atoms with Crippen LogP contribution in [-0.2, 0) is 9.53 Å². The quantitative estimate of drug-likeness (QED) is 0.755. The molecule has 0 unspecified atom stereocenters. The first-order valence-electron chi connectivity index (χ1n) is 9.00. The lowest BCUT2D eigenvalue weighted by Crippen LogP contribution is -2.42. The zero-order valence-corrected chi connectivity index (χ0v) is 15.4. The van der Waals surface area contributed by atoms with E-state index in [-0.39, 0.29) is 12.0 Å². The van der Waals surface area contributed by atoms with Gasteiger partial charge in [-0.1, -0.05) is 0 Å². The number of anilines is 1. The zero-order chi connectivity index (χ0) is 19.5. The first-order chi connectivity index (χ1) is 13.6. The molecule has 1 fully saturated rings. The smallest absolute Gasteiger partial charge is 0.410 e. The van der Waals surface area contributed by atoms with Gasteiger partial charge in [-0.15, -0.1) is 0 Å². The molecule has 2 amide bonds. The highest BCUT2D eigenvalue weighted by Gasteiger charge is 2.18. The topological polar surface area (TPSA) is 85.2 Å². The Bertz CT molecular complexity index is 1010. The van der Waals surface area contributed by atoms with Crippen LogP contribution in [-0.4, -0.2) is 52.6 Å². The molecular formula is C20H20N4O4. The van der Waals surface area contributed by atoms with Crippen LogP contribution in [0.2, 0.25) is 0 Å². The molecule has 4 rings (SSSR count). The molecule has 0 atom stereocenters. The monoisotopic (exact) mass is 380 g/mol. The van der Waals surface area contributed by atoms with Crippen molar-refractivity contribution in [2.75, 3.05) is 31.6 Å². The van der Waals surface area contributed by atoms with Crippen molar-refractivity contribution in [2.24, 2.45) is 0 Å². The first kappa shape index (κ1) is 18.0. The summed E-state index contributed by atoms with van der Waals surface area (Å²) >= 11 is 0. The molecule has 1 saturated heterocycles. The summed E-state index contributed by atoms with van der Waals surface area (Å²) in [6, 6.07) is 10.9. The van der Waals surface area contributed by atoms with Crippen LogP contribution in [0.15, 0.2) is 48.8 Å². The summed E-state index contributed by atoms with van der Waals surface area (Å²) in [5, 5.41) is 2.75. The number of carbonyl (C=O) groups excluding carboxylic acids is 2. The molecule has 0 bridgehead atoms. The molecule has 1 aliphatic rings. The summed E-state index contributed by atoms with van der Waals surface area (Å²) in [5.74, 6) is 0.360. The Labute approximate surface area is 161 Å². The second-order valence-electron chi connectivity index (χ2n) is 6.48. The number of amides is 2. The van der Waals surface area contributed by atoms with E-state index in [4.69, 9.17) is 9.47 Å². The van der Waals surface area contributed by atoms with Crippen LogP contribution in [0, 0.1) is 0 Å². The van der Waals surface area contributed by atoms with E-state index < -0.39 is 0 Å². The van der Waals surface area contributed by atoms with E-state index in [0.29, 0.717) is 37.7 Å². The normalized spacial score (nSPS) is 14.1. The second-order valence-corrected chi connectivity index (χ2v) is 6.48. The lowest BCUT2D eigenvalue weighted by Gasteiger charge is -2.25. The number of hydrogen-bond acceptors (Lipinski definition) is 5. The van der Waals surface area contributed by atoms with Crippen LogP contribution in [0.25, 0.3) is 16.9 Å². The highest BCUT2D eigenvalue weighted by atomic mass is 16.6. The molecule has 1 aliphatic heterocycles. The number of imidazole rings is 1. The summed E-state index contributed by atoms with van der Waals surface area (Å²) in [5.41, 5.74) is 3.16. The number of aromatic nitrogens is 2. The van der Waals surface area contributed by atoms with E-state index in [1.807, 2.05) is 41.1 Å². The van der Waals surface area contributed by atoms with Gasteiger partial charge in [-0.3, -0.25) is 4.79 Å². The van der Waals surface area contributed by atoms with Gasteiger partial charge < -0.3 is 24.1 Å². The van der Waals surface area contributed by atoms with Crippen LogP contribution in [0.3, 0.4) is 0 Å². The molecule has 0 radical (unpaired) electrons. The molecule has 1 N–H and O–H groups in total. The van der Waals surface area contributed by atoms with Crippen molar-refractivity contribution in [2.45, 2.75) is 6.92 Å². The molecular weight excluding hydrogens is 360 g/mol. The summed E-state index contributed by atoms with van der Waals surface area (Å²) in [6.45, 7) is 3.62. The van der Waals surface area contributed by atoms with Gasteiger partial charge in [0.25, 0.3) is 0 Å². The minimum absolute atomic E-state index is 0.123. The molecule has 2 aromatic heterocycles. The minimum Gasteiger partial charge on any atom is -0.410 e. The third kappa shape index (κ3) is 3.96.